The predicted molar refractivity (Wildman–Crippen MR) is 133 cm³/mol. The minimum atomic E-state index is -0.794. The van der Waals surface area contributed by atoms with Crippen molar-refractivity contribution in [2.24, 2.45) is 23.7 Å². The summed E-state index contributed by atoms with van der Waals surface area (Å²) in [7, 11) is 0. The van der Waals surface area contributed by atoms with Gasteiger partial charge in [0.2, 0.25) is 0 Å². The smallest absolute Gasteiger partial charge is 0.303 e. The lowest BCUT2D eigenvalue weighted by atomic mass is 9.57. The molecule has 2 unspecified atom stereocenters. The number of nitrogens with zero attached hydrogens (tertiary/aromatic N) is 1. The second-order valence-electron chi connectivity index (χ2n) is 11.6. The number of piperidine rings is 1. The van der Waals surface area contributed by atoms with E-state index < -0.39 is 5.60 Å². The molecule has 1 aromatic rings. The quantitative estimate of drug-likeness (QED) is 0.482. The molecule has 1 saturated carbocycles. The summed E-state index contributed by atoms with van der Waals surface area (Å²) in [6, 6.07) is 11.0. The third-order valence-electron chi connectivity index (χ3n) is 9.12. The molecule has 1 aromatic carbocycles. The number of rotatable bonds is 5. The number of esters is 1. The van der Waals surface area contributed by atoms with E-state index in [4.69, 9.17) is 4.74 Å². The van der Waals surface area contributed by atoms with E-state index in [9.17, 15) is 9.90 Å². The highest BCUT2D eigenvalue weighted by molar-refractivity contribution is 5.66. The van der Waals surface area contributed by atoms with Crippen molar-refractivity contribution < 1.29 is 14.6 Å². The lowest BCUT2D eigenvalue weighted by molar-refractivity contribution is -0.159. The van der Waals surface area contributed by atoms with E-state index in [-0.39, 0.29) is 29.3 Å². The Labute approximate surface area is 200 Å². The highest BCUT2D eigenvalue weighted by Gasteiger charge is 2.53. The summed E-state index contributed by atoms with van der Waals surface area (Å²) < 4.78 is 5.57. The normalized spacial score (nSPS) is 38.2. The summed E-state index contributed by atoms with van der Waals surface area (Å²) in [6.07, 6.45) is 7.14. The van der Waals surface area contributed by atoms with Gasteiger partial charge in [0.15, 0.2) is 0 Å². The number of hydrogen-bond donors (Lipinski definition) is 1. The SMILES string of the molecule is CC(=O)O[C@@H]1C[C@@]2(O)[C@H](C)CC[C@@H](C(C)CN3CCCC(C)(c4ccccc4)C3)[C@H]2C=C1C. The predicted octanol–water partition coefficient (Wildman–Crippen LogP) is 5.35. The van der Waals surface area contributed by atoms with Gasteiger partial charge in [-0.3, -0.25) is 4.79 Å². The molecule has 0 spiro atoms. The van der Waals surface area contributed by atoms with Crippen LogP contribution in [0.5, 0.6) is 0 Å². The monoisotopic (exact) mass is 453 g/mol. The Morgan fingerprint density at radius 2 is 2.00 bits per heavy atom. The van der Waals surface area contributed by atoms with Gasteiger partial charge in [-0.25, -0.2) is 0 Å². The molecule has 0 aromatic heterocycles. The van der Waals surface area contributed by atoms with Gasteiger partial charge in [0, 0.05) is 37.8 Å². The Kier molecular flexibility index (Phi) is 7.08. The molecule has 7 atom stereocenters. The molecule has 0 bridgehead atoms. The summed E-state index contributed by atoms with van der Waals surface area (Å²) in [5.74, 6) is 1.03. The van der Waals surface area contributed by atoms with E-state index in [0.717, 1.165) is 38.0 Å². The first-order valence-electron chi connectivity index (χ1n) is 13.0. The number of carbonyl (C=O) groups is 1. The van der Waals surface area contributed by atoms with Crippen molar-refractivity contribution >= 4 is 5.97 Å². The van der Waals surface area contributed by atoms with Gasteiger partial charge in [-0.2, -0.15) is 0 Å². The van der Waals surface area contributed by atoms with Crippen LogP contribution >= 0.6 is 0 Å². The molecule has 182 valence electrons. The topological polar surface area (TPSA) is 49.8 Å². The third-order valence-corrected chi connectivity index (χ3v) is 9.12. The van der Waals surface area contributed by atoms with E-state index in [1.807, 2.05) is 0 Å². The van der Waals surface area contributed by atoms with Crippen LogP contribution in [-0.4, -0.2) is 47.3 Å². The number of likely N-dealkylation sites (tertiary alicyclic amines) is 1. The molecule has 0 amide bonds. The standard InChI is InChI=1S/C29H43NO3/c1-20-16-26-25(13-12-22(3)29(26,32)17-27(20)33-23(4)31)21(2)18-30-15-9-14-28(5,19-30)24-10-7-6-8-11-24/h6-8,10-11,16,21-22,25-27,32H,9,12-15,17-19H2,1-5H3/t21?,22-,25+,26-,27-,28?,29-/m1/s1. The van der Waals surface area contributed by atoms with Crippen molar-refractivity contribution in [1.29, 1.82) is 0 Å². The third kappa shape index (κ3) is 4.93. The number of fused-ring (bicyclic) bond motifs is 1. The second kappa shape index (κ2) is 9.54. The van der Waals surface area contributed by atoms with E-state index in [1.54, 1.807) is 0 Å². The van der Waals surface area contributed by atoms with Crippen LogP contribution in [0.2, 0.25) is 0 Å². The van der Waals surface area contributed by atoms with Gasteiger partial charge in [0.1, 0.15) is 6.10 Å². The molecule has 1 aliphatic heterocycles. The van der Waals surface area contributed by atoms with Gasteiger partial charge in [0.05, 0.1) is 5.60 Å². The molecule has 2 aliphatic carbocycles. The van der Waals surface area contributed by atoms with Crippen LogP contribution < -0.4 is 0 Å². The largest absolute Gasteiger partial charge is 0.458 e. The molecule has 1 N–H and O–H groups in total. The zero-order valence-corrected chi connectivity index (χ0v) is 21.2. The first-order chi connectivity index (χ1) is 15.6. The maximum Gasteiger partial charge on any atom is 0.303 e. The fourth-order valence-corrected chi connectivity index (χ4v) is 7.12. The van der Waals surface area contributed by atoms with Gasteiger partial charge >= 0.3 is 5.97 Å². The summed E-state index contributed by atoms with van der Waals surface area (Å²) >= 11 is 0. The van der Waals surface area contributed by atoms with E-state index >= 15 is 0 Å². The Hall–Kier alpha value is -1.65. The Morgan fingerprint density at radius 1 is 1.27 bits per heavy atom. The van der Waals surface area contributed by atoms with Gasteiger partial charge < -0.3 is 14.7 Å². The maximum atomic E-state index is 11.9. The van der Waals surface area contributed by atoms with Crippen molar-refractivity contribution in [3.05, 3.63) is 47.5 Å². The Morgan fingerprint density at radius 3 is 2.70 bits per heavy atom. The molecule has 4 nitrogen and oxygen atoms in total. The van der Waals surface area contributed by atoms with Gasteiger partial charge in [-0.15, -0.1) is 0 Å². The Bertz CT molecular complexity index is 867. The fraction of sp³-hybridized carbons (Fsp3) is 0.690. The van der Waals surface area contributed by atoms with Crippen molar-refractivity contribution in [3.63, 3.8) is 0 Å². The number of hydrogen-bond acceptors (Lipinski definition) is 4. The molecule has 4 rings (SSSR count). The van der Waals surface area contributed by atoms with Crippen molar-refractivity contribution in [2.75, 3.05) is 19.6 Å². The Balaban J connectivity index is 1.49. The highest BCUT2D eigenvalue weighted by atomic mass is 16.5. The molecule has 4 heteroatoms. The van der Waals surface area contributed by atoms with Gasteiger partial charge in [0.25, 0.3) is 0 Å². The first kappa shape index (κ1) is 24.5. The molecule has 1 saturated heterocycles. The molecule has 2 fully saturated rings. The van der Waals surface area contributed by atoms with E-state index in [0.29, 0.717) is 18.3 Å². The summed E-state index contributed by atoms with van der Waals surface area (Å²) in [6.45, 7) is 13.8. The highest BCUT2D eigenvalue weighted by Crippen LogP contribution is 2.51. The van der Waals surface area contributed by atoms with Crippen LogP contribution in [0, 0.1) is 23.7 Å². The minimum Gasteiger partial charge on any atom is -0.458 e. The zero-order valence-electron chi connectivity index (χ0n) is 21.2. The molecular formula is C29H43NO3. The summed E-state index contributed by atoms with van der Waals surface area (Å²) in [5.41, 5.74) is 1.96. The second-order valence-corrected chi connectivity index (χ2v) is 11.6. The maximum absolute atomic E-state index is 11.9. The lowest BCUT2D eigenvalue weighted by Crippen LogP contribution is -2.56. The van der Waals surface area contributed by atoms with Crippen LogP contribution in [0.3, 0.4) is 0 Å². The van der Waals surface area contributed by atoms with Gasteiger partial charge in [-0.05, 0) is 68.0 Å². The summed E-state index contributed by atoms with van der Waals surface area (Å²) in [5, 5.41) is 11.9. The van der Waals surface area contributed by atoms with Crippen LogP contribution in [0.4, 0.5) is 0 Å². The summed E-state index contributed by atoms with van der Waals surface area (Å²) in [4.78, 5) is 14.3. The van der Waals surface area contributed by atoms with Crippen LogP contribution in [0.1, 0.15) is 72.3 Å². The average Bonchev–Trinajstić information content (AvgIpc) is 2.76. The number of benzene rings is 1. The van der Waals surface area contributed by atoms with Gasteiger partial charge in [-0.1, -0.05) is 57.2 Å². The van der Waals surface area contributed by atoms with Crippen LogP contribution in [0.15, 0.2) is 42.0 Å². The van der Waals surface area contributed by atoms with Crippen LogP contribution in [0.25, 0.3) is 0 Å². The molecular weight excluding hydrogens is 410 g/mol. The molecule has 1 heterocycles. The fourth-order valence-electron chi connectivity index (χ4n) is 7.12. The number of ether oxygens (including phenoxy) is 1. The van der Waals surface area contributed by atoms with E-state index in [1.165, 1.54) is 25.3 Å². The van der Waals surface area contributed by atoms with Crippen molar-refractivity contribution in [2.45, 2.75) is 83.8 Å². The van der Waals surface area contributed by atoms with Crippen molar-refractivity contribution in [1.82, 2.24) is 4.90 Å². The molecule has 3 aliphatic rings. The minimum absolute atomic E-state index is 0.133. The molecule has 33 heavy (non-hydrogen) atoms. The number of carbonyl (C=O) groups excluding carboxylic acids is 1. The van der Waals surface area contributed by atoms with E-state index in [2.05, 4.69) is 69.0 Å². The average molecular weight is 454 g/mol. The molecule has 0 radical (unpaired) electrons. The number of aliphatic hydroxyl groups is 1. The lowest BCUT2D eigenvalue weighted by Gasteiger charge is -2.53. The zero-order chi connectivity index (χ0) is 23.8. The van der Waals surface area contributed by atoms with Crippen molar-refractivity contribution in [3.8, 4) is 0 Å². The first-order valence-corrected chi connectivity index (χ1v) is 13.0. The van der Waals surface area contributed by atoms with Crippen LogP contribution in [-0.2, 0) is 14.9 Å².